The number of anilines is 1. The number of aliphatic imine (C=N–C) groups is 1. The number of thioether (sulfide) groups is 1. The predicted molar refractivity (Wildman–Crippen MR) is 134 cm³/mol. The summed E-state index contributed by atoms with van der Waals surface area (Å²) < 4.78 is 11.0. The molecular weight excluding hydrogens is 450 g/mol. The van der Waals surface area contributed by atoms with E-state index in [0.717, 1.165) is 28.4 Å². The van der Waals surface area contributed by atoms with Crippen LogP contribution < -0.4 is 10.1 Å². The van der Waals surface area contributed by atoms with Gasteiger partial charge in [0.15, 0.2) is 11.8 Å². The summed E-state index contributed by atoms with van der Waals surface area (Å²) in [6.07, 6.45) is 2.75. The molecule has 0 saturated carbocycles. The molecule has 0 saturated heterocycles. The molecule has 1 atom stereocenters. The maximum atomic E-state index is 12.7. The number of benzene rings is 2. The fraction of sp³-hybridized carbons (Fsp3) is 0.269. The molecule has 0 aromatic heterocycles. The number of para-hydroxylation sites is 1. The second-order valence-electron chi connectivity index (χ2n) is 7.74. The maximum Gasteiger partial charge on any atom is 0.338 e. The molecule has 8 heteroatoms. The molecule has 2 aromatic carbocycles. The van der Waals surface area contributed by atoms with Crippen LogP contribution in [0.4, 0.5) is 5.69 Å². The van der Waals surface area contributed by atoms with E-state index in [0.29, 0.717) is 23.6 Å². The first-order chi connectivity index (χ1) is 16.5. The summed E-state index contributed by atoms with van der Waals surface area (Å²) >= 11 is 1.51. The van der Waals surface area contributed by atoms with Gasteiger partial charge in [-0.15, -0.1) is 0 Å². The number of carbonyl (C=O) groups excluding carboxylic acids is 2. The minimum Gasteiger partial charge on any atom is -0.484 e. The van der Waals surface area contributed by atoms with Crippen molar-refractivity contribution in [3.8, 4) is 5.75 Å². The third-order valence-corrected chi connectivity index (χ3v) is 6.32. The van der Waals surface area contributed by atoms with Gasteiger partial charge in [-0.25, -0.2) is 9.79 Å². The van der Waals surface area contributed by atoms with Crippen molar-refractivity contribution in [2.75, 3.05) is 18.5 Å². The van der Waals surface area contributed by atoms with E-state index >= 15 is 0 Å². The first-order valence-corrected chi connectivity index (χ1v) is 12.1. The lowest BCUT2D eigenvalue weighted by molar-refractivity contribution is -0.139. The van der Waals surface area contributed by atoms with Gasteiger partial charge in [-0.3, -0.25) is 4.79 Å². The summed E-state index contributed by atoms with van der Waals surface area (Å²) in [7, 11) is 0. The molecule has 0 radical (unpaired) electrons. The average molecular weight is 478 g/mol. The van der Waals surface area contributed by atoms with Crippen LogP contribution in [-0.2, 0) is 20.7 Å². The Labute approximate surface area is 203 Å². The van der Waals surface area contributed by atoms with Crippen molar-refractivity contribution in [3.63, 3.8) is 0 Å². The number of nitrogens with one attached hydrogen (secondary N) is 1. The van der Waals surface area contributed by atoms with E-state index in [1.165, 1.54) is 11.8 Å². The number of amidine groups is 1. The quantitative estimate of drug-likeness (QED) is 0.537. The fourth-order valence-electron chi connectivity index (χ4n) is 3.93. The first kappa shape index (κ1) is 23.6. The van der Waals surface area contributed by atoms with E-state index in [9.17, 15) is 9.59 Å². The standard InChI is InChI=1S/C26H27N3O4S/c1-4-18-8-6-7-9-21(18)28-22(30)16-33-20-12-10-19(11-13-20)24-23(25(31)32-5-2)17(3)27-26-29(24)14-15-34-26/h6-15,24H,4-5,16H2,1-3H3,(H,28,30)/t24-/m0/s1. The molecule has 7 nitrogen and oxygen atoms in total. The van der Waals surface area contributed by atoms with E-state index in [-0.39, 0.29) is 24.5 Å². The topological polar surface area (TPSA) is 80.2 Å². The van der Waals surface area contributed by atoms with Crippen LogP contribution in [0.1, 0.15) is 37.9 Å². The number of esters is 1. The minimum absolute atomic E-state index is 0.101. The Morgan fingerprint density at radius 2 is 1.88 bits per heavy atom. The zero-order valence-electron chi connectivity index (χ0n) is 19.4. The number of nitrogens with zero attached hydrogens (tertiary/aromatic N) is 2. The van der Waals surface area contributed by atoms with Crippen molar-refractivity contribution in [1.82, 2.24) is 4.90 Å². The van der Waals surface area contributed by atoms with Crippen molar-refractivity contribution in [2.24, 2.45) is 4.99 Å². The van der Waals surface area contributed by atoms with E-state index in [1.807, 2.05) is 66.8 Å². The van der Waals surface area contributed by atoms with Crippen molar-refractivity contribution >= 4 is 34.5 Å². The highest BCUT2D eigenvalue weighted by molar-refractivity contribution is 8.16. The molecule has 1 amide bonds. The number of aryl methyl sites for hydroxylation is 1. The largest absolute Gasteiger partial charge is 0.484 e. The normalized spacial score (nSPS) is 16.7. The van der Waals surface area contributed by atoms with E-state index in [1.54, 1.807) is 19.1 Å². The second-order valence-corrected chi connectivity index (χ2v) is 8.62. The zero-order valence-corrected chi connectivity index (χ0v) is 20.2. The highest BCUT2D eigenvalue weighted by atomic mass is 32.2. The zero-order chi connectivity index (χ0) is 24.1. The fourth-order valence-corrected chi connectivity index (χ4v) is 4.72. The van der Waals surface area contributed by atoms with Gasteiger partial charge in [-0.1, -0.05) is 49.0 Å². The molecule has 4 rings (SSSR count). The molecule has 2 aliphatic heterocycles. The van der Waals surface area contributed by atoms with Crippen molar-refractivity contribution < 1.29 is 19.1 Å². The predicted octanol–water partition coefficient (Wildman–Crippen LogP) is 5.03. The minimum atomic E-state index is -0.373. The lowest BCUT2D eigenvalue weighted by Gasteiger charge is -2.33. The summed E-state index contributed by atoms with van der Waals surface area (Å²) in [4.78, 5) is 31.7. The maximum absolute atomic E-state index is 12.7. The van der Waals surface area contributed by atoms with Gasteiger partial charge >= 0.3 is 5.97 Å². The number of amides is 1. The average Bonchev–Trinajstić information content (AvgIpc) is 3.30. The van der Waals surface area contributed by atoms with Gasteiger partial charge in [-0.05, 0) is 55.0 Å². The highest BCUT2D eigenvalue weighted by Crippen LogP contribution is 2.41. The number of hydrogen-bond donors (Lipinski definition) is 1. The van der Waals surface area contributed by atoms with Crippen LogP contribution in [0.5, 0.6) is 5.75 Å². The summed E-state index contributed by atoms with van der Waals surface area (Å²) in [6.45, 7) is 5.85. The van der Waals surface area contributed by atoms with Crippen molar-refractivity contribution in [2.45, 2.75) is 33.2 Å². The number of ether oxygens (including phenoxy) is 2. The Hall–Kier alpha value is -3.52. The smallest absolute Gasteiger partial charge is 0.338 e. The Balaban J connectivity index is 1.47. The molecule has 2 heterocycles. The van der Waals surface area contributed by atoms with Crippen LogP contribution >= 0.6 is 11.8 Å². The molecule has 0 unspecified atom stereocenters. The molecule has 0 fully saturated rings. The molecule has 1 N–H and O–H groups in total. The lowest BCUT2D eigenvalue weighted by atomic mass is 9.95. The third kappa shape index (κ3) is 5.02. The van der Waals surface area contributed by atoms with Gasteiger partial charge in [0.2, 0.25) is 0 Å². The van der Waals surface area contributed by atoms with Crippen LogP contribution in [0.15, 0.2) is 76.4 Å². The Morgan fingerprint density at radius 1 is 1.12 bits per heavy atom. The van der Waals surface area contributed by atoms with Gasteiger partial charge in [0.05, 0.1) is 23.9 Å². The SMILES string of the molecule is CCOC(=O)C1=C(C)N=C2SC=CN2[C@H]1c1ccc(OCC(=O)Nc2ccccc2CC)cc1. The lowest BCUT2D eigenvalue weighted by Crippen LogP contribution is -2.34. The number of hydrogen-bond acceptors (Lipinski definition) is 7. The number of allylic oxidation sites excluding steroid dienone is 1. The molecule has 176 valence electrons. The number of rotatable bonds is 8. The first-order valence-electron chi connectivity index (χ1n) is 11.2. The Morgan fingerprint density at radius 3 is 2.62 bits per heavy atom. The van der Waals surface area contributed by atoms with Gasteiger partial charge < -0.3 is 19.7 Å². The van der Waals surface area contributed by atoms with Crippen LogP contribution in [0, 0.1) is 0 Å². The van der Waals surface area contributed by atoms with Crippen LogP contribution in [0.25, 0.3) is 0 Å². The van der Waals surface area contributed by atoms with Crippen LogP contribution in [0.3, 0.4) is 0 Å². The molecule has 2 aromatic rings. The summed E-state index contributed by atoms with van der Waals surface area (Å²) in [5.41, 5.74) is 3.94. The van der Waals surface area contributed by atoms with Crippen LogP contribution in [0.2, 0.25) is 0 Å². The number of carbonyl (C=O) groups is 2. The highest BCUT2D eigenvalue weighted by Gasteiger charge is 2.37. The van der Waals surface area contributed by atoms with Crippen molar-refractivity contribution in [3.05, 3.63) is 82.5 Å². The summed E-state index contributed by atoms with van der Waals surface area (Å²) in [5.74, 6) is -0.0277. The van der Waals surface area contributed by atoms with Crippen molar-refractivity contribution in [1.29, 1.82) is 0 Å². The molecule has 0 bridgehead atoms. The van der Waals surface area contributed by atoms with E-state index in [4.69, 9.17) is 9.47 Å². The van der Waals surface area contributed by atoms with Gasteiger partial charge in [0.1, 0.15) is 5.75 Å². The number of fused-ring (bicyclic) bond motifs is 1. The molecule has 0 spiro atoms. The Bertz CT molecular complexity index is 1170. The monoisotopic (exact) mass is 477 g/mol. The van der Waals surface area contributed by atoms with E-state index in [2.05, 4.69) is 10.3 Å². The van der Waals surface area contributed by atoms with Gasteiger partial charge in [-0.2, -0.15) is 0 Å². The molecule has 2 aliphatic rings. The summed E-state index contributed by atoms with van der Waals surface area (Å²) in [6, 6.07) is 14.8. The molecular formula is C26H27N3O4S. The second kappa shape index (κ2) is 10.6. The van der Waals surface area contributed by atoms with Gasteiger partial charge in [0.25, 0.3) is 5.91 Å². The molecule has 0 aliphatic carbocycles. The van der Waals surface area contributed by atoms with Crippen LogP contribution in [-0.4, -0.2) is 35.2 Å². The molecule has 34 heavy (non-hydrogen) atoms. The Kier molecular flexibility index (Phi) is 7.37. The third-order valence-electron chi connectivity index (χ3n) is 5.55. The van der Waals surface area contributed by atoms with Gasteiger partial charge in [0, 0.05) is 11.9 Å². The van der Waals surface area contributed by atoms with E-state index < -0.39 is 0 Å². The summed E-state index contributed by atoms with van der Waals surface area (Å²) in [5, 5.41) is 5.67.